The molecule has 0 aromatic rings. The van der Waals surface area contributed by atoms with Gasteiger partial charge in [-0.05, 0) is 0 Å². The number of alkyl halides is 22. The summed E-state index contributed by atoms with van der Waals surface area (Å²) >= 11 is 97.3. The van der Waals surface area contributed by atoms with Crippen LogP contribution in [0.4, 0.5) is 26.3 Å². The molecule has 4 N–H and O–H groups in total. The highest BCUT2D eigenvalue weighted by molar-refractivity contribution is 6.72. The lowest BCUT2D eigenvalue weighted by atomic mass is 9.54. The van der Waals surface area contributed by atoms with Crippen LogP contribution in [0.15, 0.2) is 0 Å². The van der Waals surface area contributed by atoms with Gasteiger partial charge in [-0.15, -0.1) is 23.2 Å². The molecule has 0 radical (unpaired) electrons. The van der Waals surface area contributed by atoms with Crippen LogP contribution in [-0.2, 0) is 0 Å². The van der Waals surface area contributed by atoms with E-state index >= 15 is 26.3 Å². The number of rotatable bonds is 2. The van der Waals surface area contributed by atoms with Crippen LogP contribution in [0.1, 0.15) is 12.8 Å². The summed E-state index contributed by atoms with van der Waals surface area (Å²) in [6, 6.07) is 0. The first-order chi connectivity index (χ1) is 16.4. The molecule has 0 amide bonds. The van der Waals surface area contributed by atoms with E-state index in [0.717, 1.165) is 0 Å². The van der Waals surface area contributed by atoms with Crippen molar-refractivity contribution in [3.05, 3.63) is 0 Å². The first-order valence-electron chi connectivity index (χ1n) is 9.15. The molecule has 0 spiro atoms. The number of nitrogens with two attached hydrogens (primary N) is 2. The molecule has 0 aliphatic heterocycles. The Balaban J connectivity index is 3.36. The molecular weight excluding hydrogens is 889 g/mol. The number of halogens is 22. The zero-order valence-electron chi connectivity index (χ0n) is 17.4. The van der Waals surface area contributed by atoms with E-state index in [1.807, 2.05) is 0 Å². The molecule has 232 valence electrons. The van der Waals surface area contributed by atoms with Gasteiger partial charge in [0.15, 0.2) is 36.0 Å². The van der Waals surface area contributed by atoms with E-state index in [2.05, 4.69) is 0 Å². The van der Waals surface area contributed by atoms with Crippen molar-refractivity contribution < 1.29 is 26.3 Å². The lowest BCUT2D eigenvalue weighted by Gasteiger charge is -2.70. The van der Waals surface area contributed by atoms with Gasteiger partial charge in [0, 0.05) is 12.8 Å². The summed E-state index contributed by atoms with van der Waals surface area (Å²) < 4.78 is 71.0. The van der Waals surface area contributed by atoms with Crippen LogP contribution >= 0.6 is 186 Å². The Morgan fingerprint density at radius 2 is 0.615 bits per heavy atom. The van der Waals surface area contributed by atoms with Crippen LogP contribution in [0, 0.1) is 5.41 Å². The van der Waals surface area contributed by atoms with Crippen molar-refractivity contribution in [1.29, 1.82) is 0 Å². The molecule has 2 fully saturated rings. The summed E-state index contributed by atoms with van der Waals surface area (Å²) in [5.74, 6) is 0. The Labute approximate surface area is 296 Å². The van der Waals surface area contributed by atoms with Crippen LogP contribution in [0.3, 0.4) is 0 Å². The van der Waals surface area contributed by atoms with E-state index < -0.39 is 76.4 Å². The molecule has 2 saturated carbocycles. The molecule has 0 aromatic carbocycles. The van der Waals surface area contributed by atoms with E-state index in [0.29, 0.717) is 0 Å². The van der Waals surface area contributed by atoms with E-state index in [1.54, 1.807) is 0 Å². The van der Waals surface area contributed by atoms with E-state index in [9.17, 15) is 0 Å². The second-order valence-electron chi connectivity index (χ2n) is 8.83. The lowest BCUT2D eigenvalue weighted by Crippen LogP contribution is -2.89. The van der Waals surface area contributed by atoms with Gasteiger partial charge in [-0.25, -0.2) is 0 Å². The highest BCUT2D eigenvalue weighted by Gasteiger charge is 2.99. The van der Waals surface area contributed by atoms with E-state index in [-0.39, 0.29) is 0 Å². The van der Waals surface area contributed by atoms with Gasteiger partial charge in [-0.1, -0.05) is 162 Å². The van der Waals surface area contributed by atoms with Crippen LogP contribution in [-0.4, -0.2) is 58.1 Å². The Morgan fingerprint density at radius 1 is 0.410 bits per heavy atom. The molecule has 0 heterocycles. The molecule has 24 heteroatoms. The average Bonchev–Trinajstić information content (AvgIpc) is 2.62. The maximum absolute atomic E-state index is 15.4. The fourth-order valence-corrected chi connectivity index (χ4v) is 11.7. The second-order valence-corrected chi connectivity index (χ2v) is 19.6. The zero-order valence-corrected chi connectivity index (χ0v) is 29.5. The van der Waals surface area contributed by atoms with Crippen LogP contribution in [0.25, 0.3) is 0 Å². The third-order valence-corrected chi connectivity index (χ3v) is 17.8. The molecule has 4 atom stereocenters. The van der Waals surface area contributed by atoms with Crippen LogP contribution < -0.4 is 11.5 Å². The van der Waals surface area contributed by atoms with Gasteiger partial charge in [-0.3, -0.25) is 0 Å². The predicted octanol–water partition coefficient (Wildman–Crippen LogP) is 10.7. The van der Waals surface area contributed by atoms with E-state index in [1.165, 1.54) is 0 Å². The minimum Gasteiger partial charge on any atom is -0.308 e. The van der Waals surface area contributed by atoms with Gasteiger partial charge in [0.1, 0.15) is 9.75 Å². The van der Waals surface area contributed by atoms with Crippen molar-refractivity contribution in [3.8, 4) is 0 Å². The maximum Gasteiger partial charge on any atom is 0.406 e. The van der Waals surface area contributed by atoms with Gasteiger partial charge in [-0.2, -0.15) is 26.3 Å². The molecule has 2 nitrogen and oxygen atoms in total. The summed E-state index contributed by atoms with van der Waals surface area (Å²) in [5.41, 5.74) is 5.56. The van der Waals surface area contributed by atoms with Crippen molar-refractivity contribution >= 4 is 186 Å². The normalized spacial score (nSPS) is 41.2. The van der Waals surface area contributed by atoms with Crippen molar-refractivity contribution in [1.82, 2.24) is 0 Å². The third-order valence-electron chi connectivity index (χ3n) is 6.73. The van der Waals surface area contributed by atoms with Crippen LogP contribution in [0.2, 0.25) is 0 Å². The van der Waals surface area contributed by atoms with E-state index in [4.69, 9.17) is 197 Å². The largest absolute Gasteiger partial charge is 0.406 e. The fraction of sp³-hybridized carbons (Fsp3) is 1.00. The first-order valence-corrected chi connectivity index (χ1v) is 15.2. The Kier molecular flexibility index (Phi) is 10.2. The molecule has 2 aliphatic rings. The highest BCUT2D eigenvalue weighted by Crippen LogP contribution is 2.84. The summed E-state index contributed by atoms with van der Waals surface area (Å²) in [6.07, 6.45) is -17.6. The van der Waals surface area contributed by atoms with Gasteiger partial charge < -0.3 is 11.5 Å². The number of hydrogen-bond acceptors (Lipinski definition) is 2. The molecule has 2 rings (SSSR count). The molecule has 0 bridgehead atoms. The maximum atomic E-state index is 15.4. The summed E-state index contributed by atoms with van der Waals surface area (Å²) in [5, 5.41) is 0. The number of hydrogen-bond donors (Lipinski definition) is 2. The van der Waals surface area contributed by atoms with Crippen molar-refractivity contribution in [2.45, 2.75) is 70.9 Å². The minimum absolute atomic E-state index is 2.03. The quantitative estimate of drug-likeness (QED) is 0.165. The standard InChI is InChI=1S/C15H8Cl16F6N2/c16-3(1-5(18,19)12(30,38)10(26,27)8(3,22)23)7(14(32,33)34,15(35,36)37)4(17)2-6(20,21)13(31,39)11(28,29)9(4,24)25/h1-2,38-39H2. The Bertz CT molecular complexity index is 945. The van der Waals surface area contributed by atoms with Gasteiger partial charge in [0.2, 0.25) is 5.41 Å². The minimum atomic E-state index is -6.79. The summed E-state index contributed by atoms with van der Waals surface area (Å²) in [7, 11) is 0. The predicted molar refractivity (Wildman–Crippen MR) is 153 cm³/mol. The summed E-state index contributed by atoms with van der Waals surface area (Å²) in [4.78, 5) is -15.2. The first kappa shape index (κ1) is 39.3. The average molecular weight is 897 g/mol. The smallest absolute Gasteiger partial charge is 0.308 e. The van der Waals surface area contributed by atoms with Crippen molar-refractivity contribution in [3.63, 3.8) is 0 Å². The molecular formula is C15H8Cl16F6N2. The van der Waals surface area contributed by atoms with Crippen molar-refractivity contribution in [2.24, 2.45) is 16.9 Å². The fourth-order valence-electron chi connectivity index (χ4n) is 4.61. The molecule has 39 heavy (non-hydrogen) atoms. The van der Waals surface area contributed by atoms with Crippen LogP contribution in [0.5, 0.6) is 0 Å². The molecule has 4 unspecified atom stereocenters. The Morgan fingerprint density at radius 3 is 0.795 bits per heavy atom. The zero-order chi connectivity index (χ0) is 31.9. The second kappa shape index (κ2) is 10.1. The SMILES string of the molecule is NC1(Cl)C(Cl)(Cl)CC(Cl)(C(C(F)(F)F)(C(F)(F)F)C2(Cl)CC(Cl)(Cl)C(N)(Cl)C(Cl)(Cl)C2(Cl)Cl)C(Cl)(Cl)C1(Cl)Cl. The monoisotopic (exact) mass is 890 g/mol. The van der Waals surface area contributed by atoms with Gasteiger partial charge >= 0.3 is 12.4 Å². The lowest BCUT2D eigenvalue weighted by molar-refractivity contribution is -0.372. The topological polar surface area (TPSA) is 52.0 Å². The van der Waals surface area contributed by atoms with Gasteiger partial charge in [0.25, 0.3) is 0 Å². The molecule has 0 saturated heterocycles. The third kappa shape index (κ3) is 4.41. The molecule has 2 aliphatic carbocycles. The van der Waals surface area contributed by atoms with Crippen molar-refractivity contribution in [2.75, 3.05) is 0 Å². The van der Waals surface area contributed by atoms with Gasteiger partial charge in [0.05, 0.1) is 0 Å². The molecule has 0 aromatic heterocycles. The highest BCUT2D eigenvalue weighted by atomic mass is 35.6. The Hall–Kier alpha value is 4.14. The summed E-state index contributed by atoms with van der Waals surface area (Å²) in [6.45, 7) is 0.